The van der Waals surface area contributed by atoms with E-state index in [1.807, 2.05) is 49.4 Å². The van der Waals surface area contributed by atoms with Gasteiger partial charge in [0.05, 0.1) is 16.5 Å². The standard InChI is InChI=1S/C23H20N2O2S2/c1-14-13-16(7-8-17(14)22(24)29)27-23(26)18-11-12-25-19(18)9-10-20(25)21(28)15-5-3-2-4-6-15/h2-10,13,18H,11-12H2,1H3,(H2,24,29). The van der Waals surface area contributed by atoms with Gasteiger partial charge in [0.15, 0.2) is 0 Å². The van der Waals surface area contributed by atoms with Crippen molar-refractivity contribution in [2.24, 2.45) is 5.73 Å². The summed E-state index contributed by atoms with van der Waals surface area (Å²) in [6.07, 6.45) is 0.698. The number of aromatic nitrogens is 1. The number of hydrogen-bond acceptors (Lipinski definition) is 4. The first-order chi connectivity index (χ1) is 14.0. The number of ether oxygens (including phenoxy) is 1. The number of nitrogens with two attached hydrogens (primary N) is 1. The van der Waals surface area contributed by atoms with Crippen LogP contribution in [0.2, 0.25) is 0 Å². The molecule has 0 fully saturated rings. The molecule has 0 amide bonds. The van der Waals surface area contributed by atoms with Gasteiger partial charge in [-0.05, 0) is 54.8 Å². The molecule has 0 bridgehead atoms. The fourth-order valence-corrected chi connectivity index (χ4v) is 4.32. The zero-order chi connectivity index (χ0) is 20.5. The van der Waals surface area contributed by atoms with Gasteiger partial charge in [-0.2, -0.15) is 0 Å². The van der Waals surface area contributed by atoms with E-state index in [1.165, 1.54) is 0 Å². The Morgan fingerprint density at radius 2 is 1.86 bits per heavy atom. The maximum Gasteiger partial charge on any atom is 0.320 e. The zero-order valence-electron chi connectivity index (χ0n) is 15.9. The van der Waals surface area contributed by atoms with Crippen molar-refractivity contribution < 1.29 is 9.53 Å². The van der Waals surface area contributed by atoms with Gasteiger partial charge in [0, 0.05) is 17.8 Å². The first-order valence-corrected chi connectivity index (χ1v) is 10.2. The molecule has 4 rings (SSSR count). The van der Waals surface area contributed by atoms with Crippen LogP contribution in [0.25, 0.3) is 0 Å². The van der Waals surface area contributed by atoms with Crippen LogP contribution in [0, 0.1) is 6.92 Å². The topological polar surface area (TPSA) is 57.2 Å². The van der Waals surface area contributed by atoms with E-state index < -0.39 is 0 Å². The Morgan fingerprint density at radius 1 is 1.10 bits per heavy atom. The molecule has 1 unspecified atom stereocenters. The van der Waals surface area contributed by atoms with Gasteiger partial charge < -0.3 is 15.0 Å². The van der Waals surface area contributed by atoms with Crippen molar-refractivity contribution in [3.63, 3.8) is 0 Å². The van der Waals surface area contributed by atoms with E-state index in [0.717, 1.165) is 39.5 Å². The van der Waals surface area contributed by atoms with E-state index >= 15 is 0 Å². The highest BCUT2D eigenvalue weighted by molar-refractivity contribution is 7.81. The molecule has 2 heterocycles. The highest BCUT2D eigenvalue weighted by Gasteiger charge is 2.32. The van der Waals surface area contributed by atoms with Gasteiger partial charge in [0.2, 0.25) is 0 Å². The largest absolute Gasteiger partial charge is 0.426 e. The van der Waals surface area contributed by atoms with Crippen LogP contribution in [0.15, 0.2) is 60.7 Å². The Kier molecular flexibility index (Phi) is 5.30. The fourth-order valence-electron chi connectivity index (χ4n) is 3.78. The average molecular weight is 421 g/mol. The Morgan fingerprint density at radius 3 is 2.55 bits per heavy atom. The van der Waals surface area contributed by atoms with E-state index in [9.17, 15) is 4.79 Å². The highest BCUT2D eigenvalue weighted by atomic mass is 32.1. The molecule has 0 spiro atoms. The number of thiocarbonyl (C=S) groups is 2. The van der Waals surface area contributed by atoms with Crippen molar-refractivity contribution in [2.45, 2.75) is 25.8 Å². The van der Waals surface area contributed by atoms with Gasteiger partial charge in [-0.1, -0.05) is 54.8 Å². The third-order valence-electron chi connectivity index (χ3n) is 5.25. The number of aryl methyl sites for hydroxylation is 1. The minimum Gasteiger partial charge on any atom is -0.426 e. The molecule has 1 atom stereocenters. The van der Waals surface area contributed by atoms with Crippen molar-refractivity contribution in [1.29, 1.82) is 0 Å². The SMILES string of the molecule is Cc1cc(OC(=O)C2CCn3c(C(=S)c4ccccc4)ccc32)ccc1C(N)=S. The van der Waals surface area contributed by atoms with Gasteiger partial charge >= 0.3 is 5.97 Å². The molecule has 0 saturated heterocycles. The molecule has 1 aromatic heterocycles. The zero-order valence-corrected chi connectivity index (χ0v) is 17.6. The Balaban J connectivity index is 1.54. The number of esters is 1. The summed E-state index contributed by atoms with van der Waals surface area (Å²) in [5.41, 5.74) is 10.3. The number of nitrogens with zero attached hydrogens (tertiary/aromatic N) is 1. The number of carbonyl (C=O) groups is 1. The van der Waals surface area contributed by atoms with Crippen molar-refractivity contribution in [3.8, 4) is 5.75 Å². The van der Waals surface area contributed by atoms with Gasteiger partial charge in [-0.15, -0.1) is 0 Å². The van der Waals surface area contributed by atoms with Crippen molar-refractivity contribution >= 4 is 40.3 Å². The van der Waals surface area contributed by atoms with Crippen molar-refractivity contribution in [3.05, 3.63) is 88.7 Å². The van der Waals surface area contributed by atoms with E-state index in [0.29, 0.717) is 17.2 Å². The predicted octanol–water partition coefficient (Wildman–Crippen LogP) is 4.29. The quantitative estimate of drug-likeness (QED) is 0.289. The maximum atomic E-state index is 12.8. The van der Waals surface area contributed by atoms with Gasteiger partial charge in [0.25, 0.3) is 0 Å². The highest BCUT2D eigenvalue weighted by Crippen LogP contribution is 2.33. The number of rotatable bonds is 5. The van der Waals surface area contributed by atoms with Gasteiger partial charge in [-0.3, -0.25) is 4.79 Å². The third kappa shape index (κ3) is 3.73. The molecule has 4 nitrogen and oxygen atoms in total. The summed E-state index contributed by atoms with van der Waals surface area (Å²) in [5, 5.41) is 0. The third-order valence-corrected chi connectivity index (χ3v) is 5.91. The van der Waals surface area contributed by atoms with Crippen LogP contribution in [0.1, 0.15) is 40.4 Å². The first kappa shape index (κ1) is 19.5. The predicted molar refractivity (Wildman–Crippen MR) is 122 cm³/mol. The summed E-state index contributed by atoms with van der Waals surface area (Å²) in [6, 6.07) is 19.2. The second-order valence-corrected chi connectivity index (χ2v) is 7.94. The monoisotopic (exact) mass is 420 g/mol. The Hall–Kier alpha value is -2.83. The van der Waals surface area contributed by atoms with Crippen LogP contribution in [0.5, 0.6) is 5.75 Å². The van der Waals surface area contributed by atoms with Crippen LogP contribution >= 0.6 is 24.4 Å². The lowest BCUT2D eigenvalue weighted by Crippen LogP contribution is -2.17. The van der Waals surface area contributed by atoms with Crippen molar-refractivity contribution in [1.82, 2.24) is 4.57 Å². The molecule has 0 radical (unpaired) electrons. The van der Waals surface area contributed by atoms with Crippen molar-refractivity contribution in [2.75, 3.05) is 0 Å². The molecular formula is C23H20N2O2S2. The smallest absolute Gasteiger partial charge is 0.320 e. The van der Waals surface area contributed by atoms with Gasteiger partial charge in [0.1, 0.15) is 10.7 Å². The van der Waals surface area contributed by atoms with Crippen LogP contribution in [-0.4, -0.2) is 20.4 Å². The molecule has 0 saturated carbocycles. The summed E-state index contributed by atoms with van der Waals surface area (Å²) in [4.78, 5) is 14.0. The molecule has 3 aromatic rings. The Labute approximate surface area is 180 Å². The lowest BCUT2D eigenvalue weighted by Gasteiger charge is -2.11. The number of fused-ring (bicyclic) bond motifs is 1. The number of hydrogen-bond donors (Lipinski definition) is 1. The molecule has 29 heavy (non-hydrogen) atoms. The normalized spacial score (nSPS) is 15.0. The summed E-state index contributed by atoms with van der Waals surface area (Å²) in [7, 11) is 0. The minimum absolute atomic E-state index is 0.262. The van der Waals surface area contributed by atoms with E-state index in [-0.39, 0.29) is 11.9 Å². The second kappa shape index (κ2) is 7.89. The number of benzene rings is 2. The fraction of sp³-hybridized carbons (Fsp3) is 0.174. The van der Waals surface area contributed by atoms with E-state index in [1.54, 1.807) is 18.2 Å². The van der Waals surface area contributed by atoms with Crippen LogP contribution in [-0.2, 0) is 11.3 Å². The molecule has 1 aliphatic rings. The molecule has 146 valence electrons. The first-order valence-electron chi connectivity index (χ1n) is 9.37. The molecular weight excluding hydrogens is 400 g/mol. The van der Waals surface area contributed by atoms with E-state index in [2.05, 4.69) is 4.57 Å². The van der Waals surface area contributed by atoms with Gasteiger partial charge in [-0.25, -0.2) is 0 Å². The molecule has 2 aromatic carbocycles. The van der Waals surface area contributed by atoms with E-state index in [4.69, 9.17) is 34.9 Å². The molecule has 2 N–H and O–H groups in total. The summed E-state index contributed by atoms with van der Waals surface area (Å²) >= 11 is 10.7. The lowest BCUT2D eigenvalue weighted by atomic mass is 10.0. The summed E-state index contributed by atoms with van der Waals surface area (Å²) in [5.74, 6) is -0.0723. The van der Waals surface area contributed by atoms with Crippen LogP contribution in [0.4, 0.5) is 0 Å². The minimum atomic E-state index is -0.308. The molecule has 6 heteroatoms. The molecule has 1 aliphatic heterocycles. The number of carbonyl (C=O) groups excluding carboxylic acids is 1. The molecule has 0 aliphatic carbocycles. The second-order valence-electron chi connectivity index (χ2n) is 7.09. The average Bonchev–Trinajstić information content (AvgIpc) is 3.30. The maximum absolute atomic E-state index is 12.8. The Bertz CT molecular complexity index is 1120. The van der Waals surface area contributed by atoms with Crippen LogP contribution < -0.4 is 10.5 Å². The lowest BCUT2D eigenvalue weighted by molar-refractivity contribution is -0.136. The summed E-state index contributed by atoms with van der Waals surface area (Å²) in [6.45, 7) is 2.63. The summed E-state index contributed by atoms with van der Waals surface area (Å²) < 4.78 is 7.78. The van der Waals surface area contributed by atoms with Crippen LogP contribution in [0.3, 0.4) is 0 Å².